The molecule has 1 unspecified atom stereocenters. The molecule has 1 heterocycles. The molecule has 0 spiro atoms. The number of rotatable bonds is 2. The molecule has 0 bridgehead atoms. The summed E-state index contributed by atoms with van der Waals surface area (Å²) in [5.41, 5.74) is 5.32. The number of hydrogen-bond donors (Lipinski definition) is 1. The minimum Gasteiger partial charge on any atom is -0.370 e. The van der Waals surface area contributed by atoms with Gasteiger partial charge in [-0.05, 0) is 37.5 Å². The van der Waals surface area contributed by atoms with Gasteiger partial charge in [-0.15, -0.1) is 0 Å². The Bertz CT molecular complexity index is 563. The van der Waals surface area contributed by atoms with Crippen molar-refractivity contribution in [3.8, 4) is 0 Å². The van der Waals surface area contributed by atoms with Crippen LogP contribution in [0.2, 0.25) is 0 Å². The molecule has 2 aliphatic rings. The van der Waals surface area contributed by atoms with Crippen LogP contribution >= 0.6 is 0 Å². The zero-order valence-corrected chi connectivity index (χ0v) is 11.1. The third kappa shape index (κ3) is 2.03. The SMILES string of the molecule is CC1(c2cccc(C(F)(F)F)c2)CN=C(N)N1C1CC1. The summed E-state index contributed by atoms with van der Waals surface area (Å²) < 4.78 is 38.6. The average molecular weight is 283 g/mol. The molecule has 1 aliphatic heterocycles. The number of benzene rings is 1. The lowest BCUT2D eigenvalue weighted by Gasteiger charge is -2.37. The summed E-state index contributed by atoms with van der Waals surface area (Å²) in [5.74, 6) is 0.437. The Labute approximate surface area is 115 Å². The van der Waals surface area contributed by atoms with Gasteiger partial charge in [-0.25, -0.2) is 0 Å². The minimum absolute atomic E-state index is 0.306. The van der Waals surface area contributed by atoms with Gasteiger partial charge in [0.25, 0.3) is 0 Å². The smallest absolute Gasteiger partial charge is 0.370 e. The molecule has 3 rings (SSSR count). The fourth-order valence-corrected chi connectivity index (χ4v) is 2.82. The van der Waals surface area contributed by atoms with Crippen molar-refractivity contribution < 1.29 is 13.2 Å². The molecule has 6 heteroatoms. The van der Waals surface area contributed by atoms with Crippen molar-refractivity contribution in [1.29, 1.82) is 0 Å². The van der Waals surface area contributed by atoms with E-state index >= 15 is 0 Å². The zero-order chi connectivity index (χ0) is 14.5. The summed E-state index contributed by atoms with van der Waals surface area (Å²) in [6.07, 6.45) is -2.29. The maximum Gasteiger partial charge on any atom is 0.416 e. The maximum absolute atomic E-state index is 12.9. The Hall–Kier alpha value is -1.72. The first kappa shape index (κ1) is 13.3. The second-order valence-electron chi connectivity index (χ2n) is 5.63. The molecule has 1 fully saturated rings. The van der Waals surface area contributed by atoms with E-state index in [4.69, 9.17) is 5.73 Å². The monoisotopic (exact) mass is 283 g/mol. The Morgan fingerprint density at radius 2 is 2.05 bits per heavy atom. The summed E-state index contributed by atoms with van der Waals surface area (Å²) in [4.78, 5) is 6.21. The summed E-state index contributed by atoms with van der Waals surface area (Å²) in [5, 5.41) is 0. The fourth-order valence-electron chi connectivity index (χ4n) is 2.82. The Balaban J connectivity index is 2.00. The maximum atomic E-state index is 12.9. The van der Waals surface area contributed by atoms with E-state index in [2.05, 4.69) is 4.99 Å². The Kier molecular flexibility index (Phi) is 2.74. The molecule has 0 saturated heterocycles. The number of halogens is 3. The molecule has 0 aromatic heterocycles. The van der Waals surface area contributed by atoms with Gasteiger partial charge in [0.2, 0.25) is 0 Å². The highest BCUT2D eigenvalue weighted by molar-refractivity contribution is 5.82. The van der Waals surface area contributed by atoms with Crippen molar-refractivity contribution in [2.45, 2.75) is 37.5 Å². The van der Waals surface area contributed by atoms with E-state index in [0.717, 1.165) is 18.9 Å². The number of hydrogen-bond acceptors (Lipinski definition) is 3. The van der Waals surface area contributed by atoms with Crippen LogP contribution in [-0.2, 0) is 11.7 Å². The first-order valence-corrected chi connectivity index (χ1v) is 6.59. The predicted octanol–water partition coefficient (Wildman–Crippen LogP) is 2.71. The second-order valence-corrected chi connectivity index (χ2v) is 5.63. The van der Waals surface area contributed by atoms with E-state index in [1.807, 2.05) is 11.8 Å². The van der Waals surface area contributed by atoms with Crippen molar-refractivity contribution in [3.63, 3.8) is 0 Å². The van der Waals surface area contributed by atoms with Gasteiger partial charge in [-0.2, -0.15) is 13.2 Å². The summed E-state index contributed by atoms with van der Waals surface area (Å²) in [6, 6.07) is 5.78. The Morgan fingerprint density at radius 1 is 1.35 bits per heavy atom. The molecule has 1 saturated carbocycles. The van der Waals surface area contributed by atoms with Crippen LogP contribution in [0.5, 0.6) is 0 Å². The van der Waals surface area contributed by atoms with Gasteiger partial charge >= 0.3 is 6.18 Å². The highest BCUT2D eigenvalue weighted by Gasteiger charge is 2.47. The largest absolute Gasteiger partial charge is 0.416 e. The van der Waals surface area contributed by atoms with Crippen LogP contribution in [0.25, 0.3) is 0 Å². The van der Waals surface area contributed by atoms with Crippen molar-refractivity contribution in [1.82, 2.24) is 4.90 Å². The molecule has 3 nitrogen and oxygen atoms in total. The van der Waals surface area contributed by atoms with Gasteiger partial charge in [-0.3, -0.25) is 4.99 Å². The van der Waals surface area contributed by atoms with Crippen LogP contribution in [0.15, 0.2) is 29.3 Å². The average Bonchev–Trinajstić information content (AvgIpc) is 3.16. The molecule has 1 aromatic rings. The third-order valence-corrected chi connectivity index (χ3v) is 4.05. The van der Waals surface area contributed by atoms with Crippen LogP contribution in [0, 0.1) is 0 Å². The van der Waals surface area contributed by atoms with E-state index < -0.39 is 17.3 Å². The molecule has 2 N–H and O–H groups in total. The summed E-state index contributed by atoms with van der Waals surface area (Å²) in [6.45, 7) is 2.31. The van der Waals surface area contributed by atoms with Crippen molar-refractivity contribution >= 4 is 5.96 Å². The van der Waals surface area contributed by atoms with E-state index in [1.54, 1.807) is 6.07 Å². The van der Waals surface area contributed by atoms with Gasteiger partial charge in [0.15, 0.2) is 5.96 Å². The highest BCUT2D eigenvalue weighted by atomic mass is 19.4. The number of nitrogens with two attached hydrogens (primary N) is 1. The topological polar surface area (TPSA) is 41.6 Å². The molecule has 1 aromatic carbocycles. The van der Waals surface area contributed by atoms with Gasteiger partial charge in [0.05, 0.1) is 17.6 Å². The molecule has 108 valence electrons. The standard InChI is InChI=1S/C14H16F3N3/c1-13(8-19-12(18)20(13)11-5-6-11)9-3-2-4-10(7-9)14(15,16)17/h2-4,7,11H,5-6,8H2,1H3,(H2,18,19). The lowest BCUT2D eigenvalue weighted by atomic mass is 9.89. The van der Waals surface area contributed by atoms with E-state index in [0.29, 0.717) is 24.1 Å². The minimum atomic E-state index is -4.33. The molecular weight excluding hydrogens is 267 g/mol. The van der Waals surface area contributed by atoms with Gasteiger partial charge in [-0.1, -0.05) is 12.1 Å². The zero-order valence-electron chi connectivity index (χ0n) is 11.1. The van der Waals surface area contributed by atoms with Crippen LogP contribution < -0.4 is 5.73 Å². The molecule has 0 amide bonds. The molecule has 1 atom stereocenters. The van der Waals surface area contributed by atoms with Crippen molar-refractivity contribution in [3.05, 3.63) is 35.4 Å². The number of guanidine groups is 1. The van der Waals surface area contributed by atoms with Crippen molar-refractivity contribution in [2.24, 2.45) is 10.7 Å². The number of alkyl halides is 3. The number of nitrogens with zero attached hydrogens (tertiary/aromatic N) is 2. The first-order chi connectivity index (χ1) is 9.32. The lowest BCUT2D eigenvalue weighted by molar-refractivity contribution is -0.137. The van der Waals surface area contributed by atoms with E-state index in [-0.39, 0.29) is 0 Å². The fraction of sp³-hybridized carbons (Fsp3) is 0.500. The molecule has 1 aliphatic carbocycles. The summed E-state index contributed by atoms with van der Waals surface area (Å²) in [7, 11) is 0. The molecule has 20 heavy (non-hydrogen) atoms. The highest BCUT2D eigenvalue weighted by Crippen LogP contribution is 2.42. The van der Waals surface area contributed by atoms with Crippen LogP contribution in [0.3, 0.4) is 0 Å². The van der Waals surface area contributed by atoms with Gasteiger partial charge in [0, 0.05) is 6.04 Å². The van der Waals surface area contributed by atoms with Crippen molar-refractivity contribution in [2.75, 3.05) is 6.54 Å². The lowest BCUT2D eigenvalue weighted by Crippen LogP contribution is -2.48. The Morgan fingerprint density at radius 3 is 2.65 bits per heavy atom. The van der Waals surface area contributed by atoms with Gasteiger partial charge < -0.3 is 10.6 Å². The molecule has 0 radical (unpaired) electrons. The number of aliphatic imine (C=N–C) groups is 1. The van der Waals surface area contributed by atoms with Crippen LogP contribution in [0.4, 0.5) is 13.2 Å². The second kappa shape index (κ2) is 4.14. The quantitative estimate of drug-likeness (QED) is 0.906. The van der Waals surface area contributed by atoms with Gasteiger partial charge in [0.1, 0.15) is 0 Å². The summed E-state index contributed by atoms with van der Waals surface area (Å²) >= 11 is 0. The van der Waals surface area contributed by atoms with Crippen LogP contribution in [-0.4, -0.2) is 23.4 Å². The normalized spacial score (nSPS) is 26.8. The molecular formula is C14H16F3N3. The predicted molar refractivity (Wildman–Crippen MR) is 70.1 cm³/mol. The van der Waals surface area contributed by atoms with E-state index in [9.17, 15) is 13.2 Å². The van der Waals surface area contributed by atoms with Crippen LogP contribution in [0.1, 0.15) is 30.9 Å². The third-order valence-electron chi connectivity index (χ3n) is 4.05. The van der Waals surface area contributed by atoms with E-state index in [1.165, 1.54) is 12.1 Å². The first-order valence-electron chi connectivity index (χ1n) is 6.59.